The lowest BCUT2D eigenvalue weighted by atomic mass is 9.86. The minimum absolute atomic E-state index is 0.242. The van der Waals surface area contributed by atoms with Crippen LogP contribution in [-0.2, 0) is 11.8 Å². The van der Waals surface area contributed by atoms with Gasteiger partial charge in [-0.05, 0) is 60.2 Å². The van der Waals surface area contributed by atoms with Gasteiger partial charge in [0.05, 0.1) is 5.56 Å². The van der Waals surface area contributed by atoms with Crippen LogP contribution in [0.15, 0.2) is 65.6 Å². The molecule has 178 valence electrons. The smallest absolute Gasteiger partial charge is 0.225 e. The molecule has 0 unspecified atom stereocenters. The lowest BCUT2D eigenvalue weighted by Gasteiger charge is -2.32. The van der Waals surface area contributed by atoms with Crippen molar-refractivity contribution in [3.63, 3.8) is 0 Å². The molecule has 1 fully saturated rings. The van der Waals surface area contributed by atoms with Crippen LogP contribution in [0.4, 0.5) is 5.95 Å². The Balaban J connectivity index is 1.37. The van der Waals surface area contributed by atoms with Gasteiger partial charge in [0.25, 0.3) is 0 Å². The van der Waals surface area contributed by atoms with Crippen LogP contribution in [0.5, 0.6) is 0 Å². The molecule has 0 amide bonds. The SMILES string of the molecule is CN1CCN(c2ncc(-c3cc(-c4ccc5c(c4)CCC5(C)C)c(-c4ccncc4)o3)cn2)CC1. The predicted molar refractivity (Wildman–Crippen MR) is 139 cm³/mol. The zero-order chi connectivity index (χ0) is 24.0. The lowest BCUT2D eigenvalue weighted by molar-refractivity contribution is 0.311. The molecular formula is C29H31N5O. The van der Waals surface area contributed by atoms with Crippen molar-refractivity contribution < 1.29 is 4.42 Å². The number of nitrogens with zero attached hydrogens (tertiary/aromatic N) is 5. The molecule has 0 N–H and O–H groups in total. The summed E-state index contributed by atoms with van der Waals surface area (Å²) in [6.45, 7) is 8.62. The first-order valence-electron chi connectivity index (χ1n) is 12.4. The fourth-order valence-electron chi connectivity index (χ4n) is 5.29. The molecule has 0 saturated carbocycles. The van der Waals surface area contributed by atoms with Crippen LogP contribution in [-0.4, -0.2) is 53.1 Å². The summed E-state index contributed by atoms with van der Waals surface area (Å²) in [4.78, 5) is 18.1. The van der Waals surface area contributed by atoms with E-state index in [1.807, 2.05) is 24.5 Å². The topological polar surface area (TPSA) is 58.3 Å². The first-order chi connectivity index (χ1) is 17.0. The summed E-state index contributed by atoms with van der Waals surface area (Å²) in [5.74, 6) is 2.41. The van der Waals surface area contributed by atoms with Gasteiger partial charge in [0, 0.05) is 62.1 Å². The van der Waals surface area contributed by atoms with Crippen LogP contribution in [0.3, 0.4) is 0 Å². The van der Waals surface area contributed by atoms with Crippen molar-refractivity contribution in [1.29, 1.82) is 0 Å². The maximum atomic E-state index is 6.47. The highest BCUT2D eigenvalue weighted by molar-refractivity contribution is 5.84. The monoisotopic (exact) mass is 465 g/mol. The zero-order valence-corrected chi connectivity index (χ0v) is 20.7. The van der Waals surface area contributed by atoms with Crippen molar-refractivity contribution in [3.05, 3.63) is 72.3 Å². The molecule has 1 aliphatic carbocycles. The van der Waals surface area contributed by atoms with Gasteiger partial charge in [-0.25, -0.2) is 9.97 Å². The molecule has 0 radical (unpaired) electrons. The minimum Gasteiger partial charge on any atom is -0.455 e. The summed E-state index contributed by atoms with van der Waals surface area (Å²) in [5.41, 5.74) is 7.30. The summed E-state index contributed by atoms with van der Waals surface area (Å²) in [5, 5.41) is 0. The largest absolute Gasteiger partial charge is 0.455 e. The molecule has 3 aromatic heterocycles. The molecule has 0 bridgehead atoms. The van der Waals surface area contributed by atoms with E-state index in [1.54, 1.807) is 12.4 Å². The number of likely N-dealkylation sites (N-methyl/N-ethyl adjacent to an activating group) is 1. The Kier molecular flexibility index (Phi) is 5.41. The highest BCUT2D eigenvalue weighted by Crippen LogP contribution is 2.43. The Morgan fingerprint density at radius 1 is 0.857 bits per heavy atom. The molecule has 2 aliphatic rings. The number of furan rings is 1. The number of hydrogen-bond acceptors (Lipinski definition) is 6. The number of pyridine rings is 1. The number of aromatic nitrogens is 3. The van der Waals surface area contributed by atoms with Crippen molar-refractivity contribution in [3.8, 4) is 33.8 Å². The van der Waals surface area contributed by atoms with Gasteiger partial charge in [0.1, 0.15) is 11.5 Å². The summed E-state index contributed by atoms with van der Waals surface area (Å²) >= 11 is 0. The number of anilines is 1. The molecule has 6 rings (SSSR count). The molecule has 35 heavy (non-hydrogen) atoms. The molecule has 6 nitrogen and oxygen atoms in total. The summed E-state index contributed by atoms with van der Waals surface area (Å²) < 4.78 is 6.47. The van der Waals surface area contributed by atoms with E-state index < -0.39 is 0 Å². The molecule has 1 aromatic carbocycles. The fraction of sp³-hybridized carbons (Fsp3) is 0.345. The number of rotatable bonds is 4. The second-order valence-electron chi connectivity index (χ2n) is 10.4. The zero-order valence-electron chi connectivity index (χ0n) is 20.7. The third-order valence-corrected chi connectivity index (χ3v) is 7.55. The third-order valence-electron chi connectivity index (χ3n) is 7.55. The van der Waals surface area contributed by atoms with Crippen LogP contribution in [0.2, 0.25) is 0 Å². The molecule has 6 heteroatoms. The molecule has 0 spiro atoms. The van der Waals surface area contributed by atoms with E-state index in [2.05, 4.69) is 69.9 Å². The van der Waals surface area contributed by atoms with Crippen LogP contribution in [0.1, 0.15) is 31.4 Å². The maximum Gasteiger partial charge on any atom is 0.225 e. The van der Waals surface area contributed by atoms with Gasteiger partial charge in [0.2, 0.25) is 5.95 Å². The van der Waals surface area contributed by atoms with Crippen molar-refractivity contribution in [2.75, 3.05) is 38.1 Å². The first-order valence-corrected chi connectivity index (χ1v) is 12.4. The van der Waals surface area contributed by atoms with Gasteiger partial charge in [-0.2, -0.15) is 0 Å². The number of benzene rings is 1. The number of hydrogen-bond donors (Lipinski definition) is 0. The van der Waals surface area contributed by atoms with E-state index >= 15 is 0 Å². The first kappa shape index (κ1) is 22.0. The van der Waals surface area contributed by atoms with Gasteiger partial charge in [-0.3, -0.25) is 4.98 Å². The summed E-state index contributed by atoms with van der Waals surface area (Å²) in [6, 6.07) is 13.0. The van der Waals surface area contributed by atoms with Crippen molar-refractivity contribution >= 4 is 5.95 Å². The van der Waals surface area contributed by atoms with Crippen LogP contribution in [0.25, 0.3) is 33.8 Å². The fourth-order valence-corrected chi connectivity index (χ4v) is 5.29. The molecule has 1 saturated heterocycles. The van der Waals surface area contributed by atoms with Gasteiger partial charge >= 0.3 is 0 Å². The van der Waals surface area contributed by atoms with Gasteiger partial charge in [0.15, 0.2) is 0 Å². The molecule has 1 aliphatic heterocycles. The van der Waals surface area contributed by atoms with Crippen LogP contribution < -0.4 is 4.90 Å². The quantitative estimate of drug-likeness (QED) is 0.400. The van der Waals surface area contributed by atoms with E-state index in [0.29, 0.717) is 0 Å². The number of fused-ring (bicyclic) bond motifs is 1. The number of aryl methyl sites for hydroxylation is 1. The highest BCUT2D eigenvalue weighted by Gasteiger charge is 2.30. The Bertz CT molecular complexity index is 1340. The Morgan fingerprint density at radius 3 is 2.34 bits per heavy atom. The van der Waals surface area contributed by atoms with Crippen molar-refractivity contribution in [2.45, 2.75) is 32.1 Å². The summed E-state index contributed by atoms with van der Waals surface area (Å²) in [6.07, 6.45) is 9.68. The van der Waals surface area contributed by atoms with Crippen molar-refractivity contribution in [1.82, 2.24) is 19.9 Å². The maximum absolute atomic E-state index is 6.47. The minimum atomic E-state index is 0.242. The Labute approximate surface area is 206 Å². The Morgan fingerprint density at radius 2 is 1.60 bits per heavy atom. The second kappa shape index (κ2) is 8.61. The lowest BCUT2D eigenvalue weighted by Crippen LogP contribution is -2.45. The van der Waals surface area contributed by atoms with Gasteiger partial charge in [-0.15, -0.1) is 0 Å². The standard InChI is InChI=1S/C29H31N5O/c1-29(2)9-6-22-16-21(4-5-25(22)29)24-17-26(35-27(24)20-7-10-30-11-8-20)23-18-31-28(32-19-23)34-14-12-33(3)13-15-34/h4-5,7-8,10-11,16-19H,6,9,12-15H2,1-3H3. The second-order valence-corrected chi connectivity index (χ2v) is 10.4. The highest BCUT2D eigenvalue weighted by atomic mass is 16.3. The average Bonchev–Trinajstić information content (AvgIpc) is 3.46. The predicted octanol–water partition coefficient (Wildman–Crippen LogP) is 5.44. The number of piperazine rings is 1. The summed E-state index contributed by atoms with van der Waals surface area (Å²) in [7, 11) is 2.15. The molecule has 0 atom stereocenters. The van der Waals surface area contributed by atoms with E-state index in [9.17, 15) is 0 Å². The normalized spacial score (nSPS) is 17.5. The van der Waals surface area contributed by atoms with E-state index in [0.717, 1.165) is 66.8 Å². The third kappa shape index (κ3) is 4.12. The van der Waals surface area contributed by atoms with Crippen molar-refractivity contribution in [2.24, 2.45) is 0 Å². The van der Waals surface area contributed by atoms with Crippen LogP contribution in [0, 0.1) is 0 Å². The van der Waals surface area contributed by atoms with E-state index in [4.69, 9.17) is 4.42 Å². The van der Waals surface area contributed by atoms with E-state index in [-0.39, 0.29) is 5.41 Å². The molecule has 4 heterocycles. The Hall–Kier alpha value is -3.51. The molecule has 4 aromatic rings. The van der Waals surface area contributed by atoms with Gasteiger partial charge in [-0.1, -0.05) is 32.0 Å². The van der Waals surface area contributed by atoms with Crippen LogP contribution >= 0.6 is 0 Å². The molecular weight excluding hydrogens is 434 g/mol. The van der Waals surface area contributed by atoms with Gasteiger partial charge < -0.3 is 14.2 Å². The van der Waals surface area contributed by atoms with E-state index in [1.165, 1.54) is 23.1 Å². The average molecular weight is 466 g/mol.